The monoisotopic (exact) mass is 401 g/mol. The van der Waals surface area contributed by atoms with Crippen molar-refractivity contribution in [3.05, 3.63) is 42.6 Å². The van der Waals surface area contributed by atoms with E-state index in [9.17, 15) is 0 Å². The first-order valence-electron chi connectivity index (χ1n) is 10.7. The normalized spacial score (nSPS) is 18.0. The number of likely N-dealkylation sites (tertiary alicyclic amines) is 1. The Bertz CT molecular complexity index is 1080. The minimum absolute atomic E-state index is 0.469. The summed E-state index contributed by atoms with van der Waals surface area (Å²) in [6, 6.07) is 13.5. The molecule has 2 aromatic carbocycles. The number of benzene rings is 2. The van der Waals surface area contributed by atoms with Crippen LogP contribution in [0, 0.1) is 0 Å². The van der Waals surface area contributed by atoms with Crippen LogP contribution in [0.2, 0.25) is 0 Å². The molecule has 1 aromatic heterocycles. The number of aliphatic imine (C=N–C) groups is 2. The largest absolute Gasteiger partial charge is 0.382 e. The Hall–Kier alpha value is -2.92. The van der Waals surface area contributed by atoms with E-state index in [4.69, 9.17) is 0 Å². The fraction of sp³-hybridized carbons (Fsp3) is 0.360. The van der Waals surface area contributed by atoms with Gasteiger partial charge in [0.25, 0.3) is 0 Å². The number of aromatic nitrogens is 1. The van der Waals surface area contributed by atoms with Gasteiger partial charge in [-0.2, -0.15) is 0 Å². The van der Waals surface area contributed by atoms with E-state index in [0.717, 1.165) is 41.2 Å². The zero-order chi connectivity index (χ0) is 21.1. The van der Waals surface area contributed by atoms with Crippen molar-refractivity contribution in [2.75, 3.05) is 25.5 Å². The predicted molar refractivity (Wildman–Crippen MR) is 130 cm³/mol. The zero-order valence-corrected chi connectivity index (χ0v) is 18.2. The molecule has 1 atom stereocenters. The molecule has 0 aliphatic carbocycles. The molecule has 0 radical (unpaired) electrons. The van der Waals surface area contributed by atoms with Crippen LogP contribution in [0.5, 0.6) is 0 Å². The summed E-state index contributed by atoms with van der Waals surface area (Å²) >= 11 is 0. The molecule has 5 nitrogen and oxygen atoms in total. The Morgan fingerprint density at radius 3 is 2.77 bits per heavy atom. The fourth-order valence-corrected chi connectivity index (χ4v) is 4.36. The Balaban J connectivity index is 1.77. The number of nitrogens with one attached hydrogen (secondary N) is 1. The van der Waals surface area contributed by atoms with E-state index in [2.05, 4.69) is 88.2 Å². The van der Waals surface area contributed by atoms with E-state index in [0.29, 0.717) is 6.04 Å². The standard InChI is InChI=1S/C25H31N5/c1-5-27-25-22(19-9-8-18-10-14-30(4)24(18)15-19)16-21(17-23(25)26-2)28-20-7-6-12-29(3)13-11-20/h5,8-10,14-17,20,28H,2,6-7,11-13H2,1,3-4H3. The first-order valence-corrected chi connectivity index (χ1v) is 10.7. The van der Waals surface area contributed by atoms with Crippen molar-refractivity contribution >= 4 is 40.9 Å². The summed E-state index contributed by atoms with van der Waals surface area (Å²) < 4.78 is 2.15. The van der Waals surface area contributed by atoms with Gasteiger partial charge in [-0.3, -0.25) is 9.98 Å². The number of nitrogens with zero attached hydrogens (tertiary/aromatic N) is 4. The van der Waals surface area contributed by atoms with Crippen LogP contribution in [0.4, 0.5) is 17.1 Å². The molecule has 1 unspecified atom stereocenters. The average molecular weight is 402 g/mol. The number of hydrogen-bond donors (Lipinski definition) is 1. The van der Waals surface area contributed by atoms with Crippen LogP contribution in [0.1, 0.15) is 26.2 Å². The minimum Gasteiger partial charge on any atom is -0.382 e. The number of anilines is 1. The number of aryl methyl sites for hydroxylation is 1. The summed E-state index contributed by atoms with van der Waals surface area (Å²) in [6.07, 6.45) is 7.46. The van der Waals surface area contributed by atoms with Crippen molar-refractivity contribution in [1.29, 1.82) is 0 Å². The molecule has 0 bridgehead atoms. The maximum Gasteiger partial charge on any atom is 0.0961 e. The van der Waals surface area contributed by atoms with Crippen LogP contribution in [0.15, 0.2) is 52.6 Å². The third kappa shape index (κ3) is 4.17. The quantitative estimate of drug-likeness (QED) is 0.550. The van der Waals surface area contributed by atoms with Crippen molar-refractivity contribution in [3.8, 4) is 11.1 Å². The lowest BCUT2D eigenvalue weighted by molar-refractivity contribution is 0.348. The average Bonchev–Trinajstić information content (AvgIpc) is 3.00. The van der Waals surface area contributed by atoms with Crippen LogP contribution in [0.3, 0.4) is 0 Å². The Morgan fingerprint density at radius 2 is 1.97 bits per heavy atom. The molecule has 1 fully saturated rings. The Labute approximate surface area is 179 Å². The predicted octanol–water partition coefficient (Wildman–Crippen LogP) is 5.80. The van der Waals surface area contributed by atoms with Crippen molar-refractivity contribution in [2.45, 2.75) is 32.2 Å². The van der Waals surface area contributed by atoms with Crippen LogP contribution in [-0.2, 0) is 7.05 Å². The molecule has 1 aliphatic heterocycles. The molecule has 0 saturated carbocycles. The third-order valence-corrected chi connectivity index (χ3v) is 6.04. The second kappa shape index (κ2) is 8.84. The molecule has 1 N–H and O–H groups in total. The van der Waals surface area contributed by atoms with Crippen molar-refractivity contribution < 1.29 is 0 Å². The SMILES string of the molecule is C=Nc1cc(NC2CCCN(C)CC2)cc(-c2ccc3ccn(C)c3c2)c1N=CC. The van der Waals surface area contributed by atoms with Crippen LogP contribution in [0.25, 0.3) is 22.0 Å². The van der Waals surface area contributed by atoms with E-state index < -0.39 is 0 Å². The van der Waals surface area contributed by atoms with Gasteiger partial charge in [0.2, 0.25) is 0 Å². The van der Waals surface area contributed by atoms with Crippen LogP contribution in [-0.4, -0.2) is 48.6 Å². The molecule has 0 amide bonds. The van der Waals surface area contributed by atoms with Gasteiger partial charge < -0.3 is 14.8 Å². The summed E-state index contributed by atoms with van der Waals surface area (Å²) in [5, 5.41) is 5.00. The van der Waals surface area contributed by atoms with E-state index in [1.165, 1.54) is 30.3 Å². The molecule has 156 valence electrons. The molecule has 4 rings (SSSR count). The molecule has 2 heterocycles. The summed E-state index contributed by atoms with van der Waals surface area (Å²) in [6.45, 7) is 8.05. The van der Waals surface area contributed by atoms with Gasteiger partial charge >= 0.3 is 0 Å². The number of rotatable bonds is 5. The lowest BCUT2D eigenvalue weighted by Gasteiger charge is -2.20. The second-order valence-corrected chi connectivity index (χ2v) is 8.21. The van der Waals surface area contributed by atoms with Gasteiger partial charge in [-0.05, 0) is 88.3 Å². The van der Waals surface area contributed by atoms with Crippen LogP contribution < -0.4 is 5.32 Å². The van der Waals surface area contributed by atoms with E-state index in [1.807, 2.05) is 13.1 Å². The zero-order valence-electron chi connectivity index (χ0n) is 18.2. The van der Waals surface area contributed by atoms with Crippen molar-refractivity contribution in [1.82, 2.24) is 9.47 Å². The molecular weight excluding hydrogens is 370 g/mol. The molecule has 1 saturated heterocycles. The molecule has 30 heavy (non-hydrogen) atoms. The summed E-state index contributed by atoms with van der Waals surface area (Å²) in [4.78, 5) is 11.4. The Morgan fingerprint density at radius 1 is 1.10 bits per heavy atom. The van der Waals surface area contributed by atoms with E-state index in [1.54, 1.807) is 0 Å². The Kier molecular flexibility index (Phi) is 6.00. The summed E-state index contributed by atoms with van der Waals surface area (Å²) in [5.74, 6) is 0. The van der Waals surface area contributed by atoms with E-state index in [-0.39, 0.29) is 0 Å². The third-order valence-electron chi connectivity index (χ3n) is 6.04. The maximum absolute atomic E-state index is 4.66. The highest BCUT2D eigenvalue weighted by Gasteiger charge is 2.17. The molecular formula is C25H31N5. The summed E-state index contributed by atoms with van der Waals surface area (Å²) in [5.41, 5.74) is 6.19. The minimum atomic E-state index is 0.469. The molecule has 0 spiro atoms. The maximum atomic E-state index is 4.66. The second-order valence-electron chi connectivity index (χ2n) is 8.21. The molecule has 1 aliphatic rings. The topological polar surface area (TPSA) is 44.9 Å². The van der Waals surface area contributed by atoms with Crippen LogP contribution >= 0.6 is 0 Å². The van der Waals surface area contributed by atoms with Gasteiger partial charge in [-0.1, -0.05) is 12.1 Å². The lowest BCUT2D eigenvalue weighted by Crippen LogP contribution is -2.23. The van der Waals surface area contributed by atoms with Crippen molar-refractivity contribution in [2.24, 2.45) is 17.0 Å². The number of fused-ring (bicyclic) bond motifs is 1. The van der Waals surface area contributed by atoms with Gasteiger partial charge in [-0.15, -0.1) is 0 Å². The first-order chi connectivity index (χ1) is 14.6. The van der Waals surface area contributed by atoms with Gasteiger partial charge in [0.15, 0.2) is 0 Å². The highest BCUT2D eigenvalue weighted by atomic mass is 15.1. The van der Waals surface area contributed by atoms with E-state index >= 15 is 0 Å². The van der Waals surface area contributed by atoms with Gasteiger partial charge in [0.05, 0.1) is 11.4 Å². The van der Waals surface area contributed by atoms with Gasteiger partial charge in [0, 0.05) is 42.3 Å². The molecule has 3 aromatic rings. The van der Waals surface area contributed by atoms with Gasteiger partial charge in [0.1, 0.15) is 0 Å². The lowest BCUT2D eigenvalue weighted by atomic mass is 9.99. The molecule has 5 heteroatoms. The highest BCUT2D eigenvalue weighted by Crippen LogP contribution is 2.42. The fourth-order valence-electron chi connectivity index (χ4n) is 4.36. The van der Waals surface area contributed by atoms with Gasteiger partial charge in [-0.25, -0.2) is 0 Å². The first kappa shape index (κ1) is 20.4. The summed E-state index contributed by atoms with van der Waals surface area (Å²) in [7, 11) is 4.28. The highest BCUT2D eigenvalue weighted by molar-refractivity contribution is 5.93. The number of hydrogen-bond acceptors (Lipinski definition) is 4. The smallest absolute Gasteiger partial charge is 0.0961 e. The van der Waals surface area contributed by atoms with Crippen molar-refractivity contribution in [3.63, 3.8) is 0 Å².